The molecule has 0 saturated heterocycles. The average Bonchev–Trinajstić information content (AvgIpc) is 2.14. The SMILES string of the molecule is CC(C(=O)O)N(C)C(=O)N(C)CCO. The first-order chi connectivity index (χ1) is 6.41. The van der Waals surface area contributed by atoms with E-state index < -0.39 is 18.0 Å². The van der Waals surface area contributed by atoms with Gasteiger partial charge >= 0.3 is 12.0 Å². The van der Waals surface area contributed by atoms with Crippen LogP contribution in [0.25, 0.3) is 0 Å². The molecular weight excluding hydrogens is 188 g/mol. The Morgan fingerprint density at radius 1 is 1.36 bits per heavy atom. The summed E-state index contributed by atoms with van der Waals surface area (Å²) in [5, 5.41) is 17.2. The molecule has 0 bridgehead atoms. The van der Waals surface area contributed by atoms with E-state index in [2.05, 4.69) is 0 Å². The van der Waals surface area contributed by atoms with Crippen LogP contribution >= 0.6 is 0 Å². The lowest BCUT2D eigenvalue weighted by molar-refractivity contribution is -0.141. The number of aliphatic hydroxyl groups is 1. The van der Waals surface area contributed by atoms with Crippen molar-refractivity contribution in [2.45, 2.75) is 13.0 Å². The Balaban J connectivity index is 4.30. The van der Waals surface area contributed by atoms with Crippen LogP contribution in [0.1, 0.15) is 6.92 Å². The number of nitrogens with zero attached hydrogens (tertiary/aromatic N) is 2. The number of carboxylic acids is 1. The molecule has 6 nitrogen and oxygen atoms in total. The van der Waals surface area contributed by atoms with E-state index in [-0.39, 0.29) is 13.2 Å². The number of carboxylic acid groups (broad SMARTS) is 1. The fourth-order valence-electron chi connectivity index (χ4n) is 0.846. The molecule has 82 valence electrons. The zero-order valence-corrected chi connectivity index (χ0v) is 8.60. The van der Waals surface area contributed by atoms with Crippen molar-refractivity contribution in [1.29, 1.82) is 0 Å². The van der Waals surface area contributed by atoms with Crippen molar-refractivity contribution >= 4 is 12.0 Å². The monoisotopic (exact) mass is 204 g/mol. The lowest BCUT2D eigenvalue weighted by Gasteiger charge is -2.26. The highest BCUT2D eigenvalue weighted by molar-refractivity contribution is 5.82. The second-order valence-corrected chi connectivity index (χ2v) is 3.05. The van der Waals surface area contributed by atoms with Crippen molar-refractivity contribution in [2.24, 2.45) is 0 Å². The molecule has 2 N–H and O–H groups in total. The Morgan fingerprint density at radius 3 is 2.21 bits per heavy atom. The van der Waals surface area contributed by atoms with Gasteiger partial charge in [0.25, 0.3) is 0 Å². The first-order valence-corrected chi connectivity index (χ1v) is 4.23. The smallest absolute Gasteiger partial charge is 0.326 e. The summed E-state index contributed by atoms with van der Waals surface area (Å²) in [6.45, 7) is 1.47. The van der Waals surface area contributed by atoms with Gasteiger partial charge in [-0.1, -0.05) is 0 Å². The van der Waals surface area contributed by atoms with E-state index in [1.165, 1.54) is 25.9 Å². The van der Waals surface area contributed by atoms with Gasteiger partial charge in [0.15, 0.2) is 0 Å². The fraction of sp³-hybridized carbons (Fsp3) is 0.750. The molecule has 6 heteroatoms. The molecule has 14 heavy (non-hydrogen) atoms. The molecule has 0 saturated carbocycles. The van der Waals surface area contributed by atoms with E-state index in [0.29, 0.717) is 0 Å². The van der Waals surface area contributed by atoms with E-state index in [4.69, 9.17) is 10.2 Å². The predicted molar refractivity (Wildman–Crippen MR) is 50.0 cm³/mol. The molecule has 1 unspecified atom stereocenters. The maximum absolute atomic E-state index is 11.5. The van der Waals surface area contributed by atoms with E-state index in [0.717, 1.165) is 4.90 Å². The number of rotatable bonds is 4. The van der Waals surface area contributed by atoms with E-state index in [9.17, 15) is 9.59 Å². The van der Waals surface area contributed by atoms with Crippen LogP contribution in [0.3, 0.4) is 0 Å². The van der Waals surface area contributed by atoms with Gasteiger partial charge in [-0.25, -0.2) is 9.59 Å². The van der Waals surface area contributed by atoms with Crippen LogP contribution in [0.15, 0.2) is 0 Å². The van der Waals surface area contributed by atoms with Crippen LogP contribution < -0.4 is 0 Å². The molecule has 1 atom stereocenters. The van der Waals surface area contributed by atoms with Crippen molar-refractivity contribution in [3.05, 3.63) is 0 Å². The molecule has 0 aromatic heterocycles. The summed E-state index contributed by atoms with van der Waals surface area (Å²) < 4.78 is 0. The summed E-state index contributed by atoms with van der Waals surface area (Å²) in [6, 6.07) is -1.29. The third-order valence-electron chi connectivity index (χ3n) is 2.00. The largest absolute Gasteiger partial charge is 0.480 e. The number of aliphatic hydroxyl groups excluding tert-OH is 1. The van der Waals surface area contributed by atoms with Crippen LogP contribution in [0.4, 0.5) is 4.79 Å². The summed E-state index contributed by atoms with van der Waals surface area (Å²) in [5.74, 6) is -1.06. The average molecular weight is 204 g/mol. The number of carbonyl (C=O) groups is 2. The first-order valence-electron chi connectivity index (χ1n) is 4.23. The third kappa shape index (κ3) is 3.21. The fourth-order valence-corrected chi connectivity index (χ4v) is 0.846. The van der Waals surface area contributed by atoms with Gasteiger partial charge in [-0.3, -0.25) is 0 Å². The molecule has 0 aromatic rings. The molecule has 0 fully saturated rings. The van der Waals surface area contributed by atoms with Gasteiger partial charge in [-0.05, 0) is 6.92 Å². The first kappa shape index (κ1) is 12.7. The van der Waals surface area contributed by atoms with Gasteiger partial charge in [0.2, 0.25) is 0 Å². The number of aliphatic carboxylic acids is 1. The molecule has 2 amide bonds. The quantitative estimate of drug-likeness (QED) is 0.643. The highest BCUT2D eigenvalue weighted by Gasteiger charge is 2.23. The van der Waals surface area contributed by atoms with Crippen LogP contribution in [-0.2, 0) is 4.79 Å². The van der Waals surface area contributed by atoms with E-state index in [1.807, 2.05) is 0 Å². The maximum Gasteiger partial charge on any atom is 0.326 e. The topological polar surface area (TPSA) is 81.1 Å². The normalized spacial score (nSPS) is 12.0. The molecule has 0 rings (SSSR count). The third-order valence-corrected chi connectivity index (χ3v) is 2.00. The van der Waals surface area contributed by atoms with Gasteiger partial charge in [-0.15, -0.1) is 0 Å². The molecule has 0 aliphatic heterocycles. The van der Waals surface area contributed by atoms with E-state index in [1.54, 1.807) is 0 Å². The van der Waals surface area contributed by atoms with Gasteiger partial charge in [0.05, 0.1) is 6.61 Å². The van der Waals surface area contributed by atoms with Crippen molar-refractivity contribution in [2.75, 3.05) is 27.2 Å². The minimum Gasteiger partial charge on any atom is -0.480 e. The number of amides is 2. The highest BCUT2D eigenvalue weighted by Crippen LogP contribution is 2.00. The Labute approximate surface area is 82.7 Å². The minimum absolute atomic E-state index is 0.141. The summed E-state index contributed by atoms with van der Waals surface area (Å²) in [5.41, 5.74) is 0. The maximum atomic E-state index is 11.5. The van der Waals surface area contributed by atoms with Crippen molar-refractivity contribution in [1.82, 2.24) is 9.80 Å². The van der Waals surface area contributed by atoms with Gasteiger partial charge in [0.1, 0.15) is 6.04 Å². The summed E-state index contributed by atoms with van der Waals surface area (Å²) in [6.07, 6.45) is 0. The Morgan fingerprint density at radius 2 is 1.86 bits per heavy atom. The Hall–Kier alpha value is -1.30. The lowest BCUT2D eigenvalue weighted by Crippen LogP contribution is -2.47. The van der Waals surface area contributed by atoms with Gasteiger partial charge < -0.3 is 20.0 Å². The minimum atomic E-state index is -1.06. The van der Waals surface area contributed by atoms with Gasteiger partial charge in [0, 0.05) is 20.6 Å². The summed E-state index contributed by atoms with van der Waals surface area (Å²) in [7, 11) is 2.92. The molecule has 0 radical (unpaired) electrons. The zero-order valence-electron chi connectivity index (χ0n) is 8.60. The molecular formula is C8H16N2O4. The van der Waals surface area contributed by atoms with Crippen LogP contribution in [0, 0.1) is 0 Å². The number of likely N-dealkylation sites (N-methyl/N-ethyl adjacent to an activating group) is 2. The number of hydrogen-bond acceptors (Lipinski definition) is 3. The van der Waals surface area contributed by atoms with Crippen molar-refractivity contribution in [3.63, 3.8) is 0 Å². The second-order valence-electron chi connectivity index (χ2n) is 3.05. The molecule has 0 aliphatic rings. The lowest BCUT2D eigenvalue weighted by atomic mass is 10.3. The van der Waals surface area contributed by atoms with Crippen LogP contribution in [0.5, 0.6) is 0 Å². The summed E-state index contributed by atoms with van der Waals surface area (Å²) in [4.78, 5) is 24.4. The molecule has 0 heterocycles. The predicted octanol–water partition coefficient (Wildman–Crippen LogP) is -0.565. The summed E-state index contributed by atoms with van der Waals surface area (Å²) >= 11 is 0. The van der Waals surface area contributed by atoms with Crippen molar-refractivity contribution < 1.29 is 19.8 Å². The number of carbonyl (C=O) groups excluding carboxylic acids is 1. The van der Waals surface area contributed by atoms with E-state index >= 15 is 0 Å². The van der Waals surface area contributed by atoms with Gasteiger partial charge in [-0.2, -0.15) is 0 Å². The molecule has 0 spiro atoms. The Bertz CT molecular complexity index is 219. The highest BCUT2D eigenvalue weighted by atomic mass is 16.4. The molecule has 0 aromatic carbocycles. The Kier molecular flexibility index (Phi) is 4.93. The zero-order chi connectivity index (χ0) is 11.3. The van der Waals surface area contributed by atoms with Crippen LogP contribution in [0.2, 0.25) is 0 Å². The number of urea groups is 1. The van der Waals surface area contributed by atoms with Crippen molar-refractivity contribution in [3.8, 4) is 0 Å². The van der Waals surface area contributed by atoms with Crippen LogP contribution in [-0.4, -0.2) is 65.3 Å². The molecule has 0 aliphatic carbocycles. The number of hydrogen-bond donors (Lipinski definition) is 2. The second kappa shape index (κ2) is 5.43. The standard InChI is InChI=1S/C8H16N2O4/c1-6(7(12)13)10(3)8(14)9(2)4-5-11/h6,11H,4-5H2,1-3H3,(H,12,13).